The molecule has 1 unspecified atom stereocenters. The first-order chi connectivity index (χ1) is 19.7. The molecule has 11 heteroatoms. The number of hydrogen-bond donors (Lipinski definition) is 1. The molecule has 1 N–H and O–H groups in total. The average Bonchev–Trinajstić information content (AvgIpc) is 3.34. The summed E-state index contributed by atoms with van der Waals surface area (Å²) >= 11 is 15.0. The smallest absolute Gasteiger partial charge is 0.227 e. The van der Waals surface area contributed by atoms with Crippen molar-refractivity contribution in [2.24, 2.45) is 0 Å². The van der Waals surface area contributed by atoms with Crippen LogP contribution in [-0.2, 0) is 17.2 Å². The Hall–Kier alpha value is -2.79. The maximum Gasteiger partial charge on any atom is 0.227 e. The second kappa shape index (κ2) is 13.0. The number of nitrogens with one attached hydrogen (secondary N) is 1. The zero-order valence-corrected chi connectivity index (χ0v) is 27.3. The summed E-state index contributed by atoms with van der Waals surface area (Å²) in [5.74, 6) is 2.28. The van der Waals surface area contributed by atoms with Gasteiger partial charge < -0.3 is 14.8 Å². The number of aromatic nitrogens is 3. The zero-order chi connectivity index (χ0) is 29.1. The monoisotopic (exact) mass is 716 g/mol. The Morgan fingerprint density at radius 1 is 1.12 bits per heavy atom. The number of ether oxygens (including phenoxy) is 2. The van der Waals surface area contributed by atoms with Crippen LogP contribution in [0.2, 0.25) is 5.02 Å². The molecule has 0 saturated heterocycles. The minimum Gasteiger partial charge on any atom is -0.490 e. The Kier molecular flexibility index (Phi) is 9.43. The van der Waals surface area contributed by atoms with E-state index < -0.39 is 6.04 Å². The van der Waals surface area contributed by atoms with E-state index in [0.717, 1.165) is 26.9 Å². The number of ketones is 1. The van der Waals surface area contributed by atoms with Crippen LogP contribution in [0, 0.1) is 0 Å². The summed E-state index contributed by atoms with van der Waals surface area (Å²) < 4.78 is 15.7. The van der Waals surface area contributed by atoms with Crippen LogP contribution in [0.25, 0.3) is 0 Å². The maximum atomic E-state index is 13.0. The van der Waals surface area contributed by atoms with Gasteiger partial charge in [0.1, 0.15) is 12.6 Å². The lowest BCUT2D eigenvalue weighted by Crippen LogP contribution is -2.28. The number of thioether (sulfide) groups is 1. The van der Waals surface area contributed by atoms with Crippen LogP contribution in [0.4, 0.5) is 5.95 Å². The van der Waals surface area contributed by atoms with E-state index in [4.69, 9.17) is 31.2 Å². The molecule has 0 saturated carbocycles. The first-order valence-electron chi connectivity index (χ1n) is 12.9. The molecule has 1 aliphatic rings. The molecule has 41 heavy (non-hydrogen) atoms. The summed E-state index contributed by atoms with van der Waals surface area (Å²) in [5, 5.41) is 9.36. The van der Waals surface area contributed by atoms with Crippen molar-refractivity contribution in [3.05, 3.63) is 103 Å². The quantitative estimate of drug-likeness (QED) is 0.165. The number of benzene rings is 3. The van der Waals surface area contributed by atoms with Gasteiger partial charge in [-0.2, -0.15) is 4.98 Å². The molecule has 1 aromatic heterocycles. The van der Waals surface area contributed by atoms with Crippen molar-refractivity contribution in [3.8, 4) is 11.5 Å². The van der Waals surface area contributed by atoms with Crippen molar-refractivity contribution in [1.82, 2.24) is 14.8 Å². The van der Waals surface area contributed by atoms with E-state index in [2.05, 4.69) is 37.2 Å². The van der Waals surface area contributed by atoms with Gasteiger partial charge in [0.2, 0.25) is 11.1 Å². The van der Waals surface area contributed by atoms with Crippen molar-refractivity contribution in [2.45, 2.75) is 44.3 Å². The van der Waals surface area contributed by atoms with Gasteiger partial charge in [-0.15, -0.1) is 5.10 Å². The molecule has 212 valence electrons. The highest BCUT2D eigenvalue weighted by Gasteiger charge is 2.34. The molecule has 0 fully saturated rings. The molecule has 4 aromatic rings. The fourth-order valence-electron chi connectivity index (χ4n) is 4.60. The highest BCUT2D eigenvalue weighted by atomic mass is 79.9. The standard InChI is InChI=1S/C30H27Br2ClN4O3S/c1-4-39-25-14-21(13-23(32)28(25)40-15-19-9-11-22(31)12-10-19)27-26(18(3)38)17(2)34-29-35-30(36-37(27)29)41-16-20-7-5-6-8-24(20)33/h5-14,27H,4,15-16H2,1-3H3,(H,34,35,36). The van der Waals surface area contributed by atoms with Crippen LogP contribution in [0.5, 0.6) is 11.5 Å². The molecule has 0 amide bonds. The van der Waals surface area contributed by atoms with Gasteiger partial charge in [0, 0.05) is 26.5 Å². The van der Waals surface area contributed by atoms with Gasteiger partial charge in [0.25, 0.3) is 0 Å². The molecule has 5 rings (SSSR count). The Labute approximate surface area is 264 Å². The summed E-state index contributed by atoms with van der Waals surface area (Å²) in [6, 6.07) is 19.0. The fourth-order valence-corrected chi connectivity index (χ4v) is 6.55. The Balaban J connectivity index is 1.50. The third-order valence-electron chi connectivity index (χ3n) is 6.47. The minimum absolute atomic E-state index is 0.0592. The van der Waals surface area contributed by atoms with E-state index in [9.17, 15) is 4.79 Å². The summed E-state index contributed by atoms with van der Waals surface area (Å²) in [4.78, 5) is 17.7. The van der Waals surface area contributed by atoms with Crippen LogP contribution in [-0.4, -0.2) is 27.2 Å². The number of fused-ring (bicyclic) bond motifs is 1. The number of nitrogens with zero attached hydrogens (tertiary/aromatic N) is 3. The molecule has 2 heterocycles. The Morgan fingerprint density at radius 3 is 2.59 bits per heavy atom. The van der Waals surface area contributed by atoms with Crippen LogP contribution in [0.15, 0.2) is 86.0 Å². The van der Waals surface area contributed by atoms with Crippen LogP contribution < -0.4 is 14.8 Å². The van der Waals surface area contributed by atoms with Crippen LogP contribution in [0.1, 0.15) is 43.5 Å². The summed E-state index contributed by atoms with van der Waals surface area (Å²) in [6.07, 6.45) is 0. The van der Waals surface area contributed by atoms with Gasteiger partial charge in [-0.3, -0.25) is 4.79 Å². The highest BCUT2D eigenvalue weighted by Crippen LogP contribution is 2.43. The first-order valence-corrected chi connectivity index (χ1v) is 15.8. The maximum absolute atomic E-state index is 13.0. The molecule has 3 aromatic carbocycles. The first kappa shape index (κ1) is 29.7. The molecule has 0 aliphatic carbocycles. The van der Waals surface area contributed by atoms with Gasteiger partial charge in [-0.1, -0.05) is 69.6 Å². The van der Waals surface area contributed by atoms with Crippen molar-refractivity contribution in [2.75, 3.05) is 11.9 Å². The molecule has 0 radical (unpaired) electrons. The number of carbonyl (C=O) groups is 1. The predicted octanol–water partition coefficient (Wildman–Crippen LogP) is 8.60. The van der Waals surface area contributed by atoms with E-state index in [0.29, 0.717) is 56.6 Å². The number of hydrogen-bond acceptors (Lipinski definition) is 7. The SMILES string of the molecule is CCOc1cc(C2C(C(C)=O)=C(C)Nc3nc(SCc4ccccc4Cl)nn32)cc(Br)c1OCc1ccc(Br)cc1. The molecule has 7 nitrogen and oxygen atoms in total. The molecule has 1 atom stereocenters. The van der Waals surface area contributed by atoms with E-state index >= 15 is 0 Å². The molecule has 0 spiro atoms. The van der Waals surface area contributed by atoms with E-state index in [1.807, 2.05) is 74.5 Å². The second-order valence-corrected chi connectivity index (χ2v) is 12.5. The highest BCUT2D eigenvalue weighted by molar-refractivity contribution is 9.10. The Bertz CT molecular complexity index is 1620. The average molecular weight is 719 g/mol. The third kappa shape index (κ3) is 6.66. The largest absolute Gasteiger partial charge is 0.490 e. The zero-order valence-electron chi connectivity index (χ0n) is 22.6. The minimum atomic E-state index is -0.512. The van der Waals surface area contributed by atoms with Gasteiger partial charge in [0.05, 0.1) is 11.1 Å². The topological polar surface area (TPSA) is 78.3 Å². The summed E-state index contributed by atoms with van der Waals surface area (Å²) in [5.41, 5.74) is 4.17. The van der Waals surface area contributed by atoms with E-state index in [-0.39, 0.29) is 5.78 Å². The number of rotatable bonds is 10. The van der Waals surface area contributed by atoms with Gasteiger partial charge >= 0.3 is 0 Å². The van der Waals surface area contributed by atoms with Gasteiger partial charge in [-0.05, 0) is 83.7 Å². The van der Waals surface area contributed by atoms with Crippen molar-refractivity contribution in [1.29, 1.82) is 0 Å². The van der Waals surface area contributed by atoms with E-state index in [1.165, 1.54) is 11.8 Å². The normalized spacial score (nSPS) is 14.4. The number of allylic oxidation sites excluding steroid dienone is 2. The van der Waals surface area contributed by atoms with Gasteiger partial charge in [-0.25, -0.2) is 4.68 Å². The lowest BCUT2D eigenvalue weighted by atomic mass is 9.93. The number of anilines is 1. The lowest BCUT2D eigenvalue weighted by Gasteiger charge is -2.28. The third-order valence-corrected chi connectivity index (χ3v) is 8.84. The van der Waals surface area contributed by atoms with Crippen LogP contribution >= 0.6 is 55.2 Å². The molecule has 0 bridgehead atoms. The number of halogens is 3. The van der Waals surface area contributed by atoms with Crippen molar-refractivity contribution >= 4 is 67.0 Å². The molecule has 1 aliphatic heterocycles. The molecular formula is C30H27Br2ClN4O3S. The number of carbonyl (C=O) groups excluding carboxylic acids is 1. The summed E-state index contributed by atoms with van der Waals surface area (Å²) in [6.45, 7) is 6.19. The fraction of sp³-hybridized carbons (Fsp3) is 0.233. The molecular weight excluding hydrogens is 692 g/mol. The number of Topliss-reactive ketones (excluding diaryl/α,β-unsaturated/α-hetero) is 1. The van der Waals surface area contributed by atoms with Crippen molar-refractivity contribution < 1.29 is 14.3 Å². The van der Waals surface area contributed by atoms with Crippen LogP contribution in [0.3, 0.4) is 0 Å². The second-order valence-electron chi connectivity index (χ2n) is 9.34. The van der Waals surface area contributed by atoms with Crippen molar-refractivity contribution in [3.63, 3.8) is 0 Å². The summed E-state index contributed by atoms with van der Waals surface area (Å²) in [7, 11) is 0. The lowest BCUT2D eigenvalue weighted by molar-refractivity contribution is -0.114. The predicted molar refractivity (Wildman–Crippen MR) is 170 cm³/mol. The van der Waals surface area contributed by atoms with E-state index in [1.54, 1.807) is 11.6 Å². The Morgan fingerprint density at radius 2 is 1.88 bits per heavy atom. The van der Waals surface area contributed by atoms with Gasteiger partial charge in [0.15, 0.2) is 17.3 Å².